The Hall–Kier alpha value is -0.240. The largest absolute Gasteiger partial charge is 0.310 e. The highest BCUT2D eigenvalue weighted by molar-refractivity contribution is 6.35. The second kappa shape index (κ2) is 6.08. The van der Waals surface area contributed by atoms with Gasteiger partial charge in [-0.05, 0) is 43.4 Å². The third-order valence-corrected chi connectivity index (χ3v) is 4.32. The van der Waals surface area contributed by atoms with Crippen molar-refractivity contribution in [3.05, 3.63) is 33.8 Å². The lowest BCUT2D eigenvalue weighted by Gasteiger charge is -2.20. The Labute approximate surface area is 114 Å². The smallest absolute Gasteiger partial charge is 0.0465 e. The van der Waals surface area contributed by atoms with Crippen LogP contribution in [0.25, 0.3) is 0 Å². The van der Waals surface area contributed by atoms with Gasteiger partial charge in [0.25, 0.3) is 0 Å². The summed E-state index contributed by atoms with van der Waals surface area (Å²) in [5.41, 5.74) is 1.13. The van der Waals surface area contributed by atoms with E-state index in [4.69, 9.17) is 23.2 Å². The van der Waals surface area contributed by atoms with E-state index in [2.05, 4.69) is 12.2 Å². The van der Waals surface area contributed by atoms with Crippen LogP contribution in [0.2, 0.25) is 10.0 Å². The molecule has 94 valence electrons. The number of halogens is 2. The van der Waals surface area contributed by atoms with E-state index in [1.54, 1.807) is 6.07 Å². The van der Waals surface area contributed by atoms with Gasteiger partial charge in [-0.1, -0.05) is 42.1 Å². The van der Waals surface area contributed by atoms with Crippen LogP contribution in [0.4, 0.5) is 0 Å². The number of hydrogen-bond acceptors (Lipinski definition) is 1. The zero-order chi connectivity index (χ0) is 12.3. The first kappa shape index (κ1) is 13.2. The molecular formula is C14H19Cl2N. The summed E-state index contributed by atoms with van der Waals surface area (Å²) < 4.78 is 0. The fourth-order valence-corrected chi connectivity index (χ4v) is 3.04. The topological polar surface area (TPSA) is 12.0 Å². The Kier molecular flexibility index (Phi) is 4.72. The molecular weight excluding hydrogens is 253 g/mol. The molecule has 0 bridgehead atoms. The zero-order valence-corrected chi connectivity index (χ0v) is 11.7. The van der Waals surface area contributed by atoms with Crippen molar-refractivity contribution >= 4 is 23.2 Å². The highest BCUT2D eigenvalue weighted by Gasteiger charge is 2.20. The molecule has 0 spiro atoms. The monoisotopic (exact) mass is 271 g/mol. The molecule has 2 rings (SSSR count). The molecule has 1 saturated carbocycles. The summed E-state index contributed by atoms with van der Waals surface area (Å²) in [5, 5.41) is 5.02. The average Bonchev–Trinajstić information content (AvgIpc) is 2.81. The highest BCUT2D eigenvalue weighted by atomic mass is 35.5. The van der Waals surface area contributed by atoms with E-state index < -0.39 is 0 Å². The van der Waals surface area contributed by atoms with Gasteiger partial charge in [0.15, 0.2) is 0 Å². The van der Waals surface area contributed by atoms with Crippen molar-refractivity contribution in [3.63, 3.8) is 0 Å². The summed E-state index contributed by atoms with van der Waals surface area (Å²) in [5.74, 6) is 0.834. The first-order chi connectivity index (χ1) is 8.16. The van der Waals surface area contributed by atoms with Crippen LogP contribution in [0.15, 0.2) is 18.2 Å². The molecule has 0 saturated heterocycles. The van der Waals surface area contributed by atoms with Crippen molar-refractivity contribution in [2.24, 2.45) is 5.92 Å². The van der Waals surface area contributed by atoms with E-state index in [0.717, 1.165) is 23.0 Å². The summed E-state index contributed by atoms with van der Waals surface area (Å²) in [6, 6.07) is 6.27. The second-order valence-electron chi connectivity index (χ2n) is 4.95. The summed E-state index contributed by atoms with van der Waals surface area (Å²) >= 11 is 12.0. The van der Waals surface area contributed by atoms with Crippen molar-refractivity contribution in [1.82, 2.24) is 5.32 Å². The van der Waals surface area contributed by atoms with Crippen molar-refractivity contribution < 1.29 is 0 Å². The van der Waals surface area contributed by atoms with Crippen LogP contribution in [0.1, 0.15) is 38.2 Å². The maximum atomic E-state index is 6.15. The van der Waals surface area contributed by atoms with E-state index >= 15 is 0 Å². The second-order valence-corrected chi connectivity index (χ2v) is 5.79. The van der Waals surface area contributed by atoms with E-state index in [9.17, 15) is 0 Å². The van der Waals surface area contributed by atoms with Crippen molar-refractivity contribution in [2.45, 2.75) is 45.2 Å². The Morgan fingerprint density at radius 3 is 2.65 bits per heavy atom. The van der Waals surface area contributed by atoms with Gasteiger partial charge >= 0.3 is 0 Å². The molecule has 1 aliphatic carbocycles. The minimum absolute atomic E-state index is 0.573. The predicted molar refractivity (Wildman–Crippen MR) is 74.7 cm³/mol. The quantitative estimate of drug-likeness (QED) is 0.840. The van der Waals surface area contributed by atoms with E-state index in [-0.39, 0.29) is 0 Å². The highest BCUT2D eigenvalue weighted by Crippen LogP contribution is 2.28. The van der Waals surface area contributed by atoms with Gasteiger partial charge in [0.05, 0.1) is 0 Å². The predicted octanol–water partition coefficient (Wildman–Crippen LogP) is 4.66. The molecule has 0 aromatic heterocycles. The standard InChI is InChI=1S/C14H19Cl2N/c1-10(11-4-2-3-5-11)17-9-12-6-7-13(15)8-14(12)16/h6-8,10-11,17H,2-5,9H2,1H3/t10-/m0/s1. The van der Waals surface area contributed by atoms with Gasteiger partial charge in [0.2, 0.25) is 0 Å². The molecule has 1 nitrogen and oxygen atoms in total. The third-order valence-electron chi connectivity index (χ3n) is 3.74. The number of hydrogen-bond donors (Lipinski definition) is 1. The third kappa shape index (κ3) is 3.61. The van der Waals surface area contributed by atoms with Crippen LogP contribution < -0.4 is 5.32 Å². The summed E-state index contributed by atoms with van der Waals surface area (Å²) in [4.78, 5) is 0. The van der Waals surface area contributed by atoms with Gasteiger partial charge in [0, 0.05) is 22.6 Å². The lowest BCUT2D eigenvalue weighted by atomic mass is 9.99. The Balaban J connectivity index is 1.88. The number of nitrogens with one attached hydrogen (secondary N) is 1. The van der Waals surface area contributed by atoms with Crippen LogP contribution in [0.3, 0.4) is 0 Å². The normalized spacial score (nSPS) is 18.5. The molecule has 0 aliphatic heterocycles. The Morgan fingerprint density at radius 2 is 2.00 bits per heavy atom. The van der Waals surface area contributed by atoms with E-state index in [1.165, 1.54) is 25.7 Å². The lowest BCUT2D eigenvalue weighted by molar-refractivity contribution is 0.380. The Morgan fingerprint density at radius 1 is 1.29 bits per heavy atom. The van der Waals surface area contributed by atoms with Crippen molar-refractivity contribution in [1.29, 1.82) is 0 Å². The maximum Gasteiger partial charge on any atom is 0.0465 e. The van der Waals surface area contributed by atoms with Crippen molar-refractivity contribution in [2.75, 3.05) is 0 Å². The average molecular weight is 272 g/mol. The molecule has 0 amide bonds. The van der Waals surface area contributed by atoms with Gasteiger partial charge < -0.3 is 5.32 Å². The SMILES string of the molecule is C[C@H](NCc1ccc(Cl)cc1Cl)C1CCCC1. The molecule has 1 atom stereocenters. The molecule has 17 heavy (non-hydrogen) atoms. The number of benzene rings is 1. The fraction of sp³-hybridized carbons (Fsp3) is 0.571. The van der Waals surface area contributed by atoms with Gasteiger partial charge in [-0.3, -0.25) is 0 Å². The summed E-state index contributed by atoms with van der Waals surface area (Å²) in [7, 11) is 0. The Bertz CT molecular complexity index is 372. The molecule has 3 heteroatoms. The molecule has 1 N–H and O–H groups in total. The molecule has 0 radical (unpaired) electrons. The first-order valence-electron chi connectivity index (χ1n) is 6.34. The molecule has 1 aromatic rings. The lowest BCUT2D eigenvalue weighted by Crippen LogP contribution is -2.31. The molecule has 0 unspecified atom stereocenters. The summed E-state index contributed by atoms with van der Waals surface area (Å²) in [6.07, 6.45) is 5.50. The van der Waals surface area contributed by atoms with Crippen LogP contribution in [0.5, 0.6) is 0 Å². The van der Waals surface area contributed by atoms with Gasteiger partial charge in [-0.15, -0.1) is 0 Å². The first-order valence-corrected chi connectivity index (χ1v) is 7.09. The van der Waals surface area contributed by atoms with E-state index in [0.29, 0.717) is 11.1 Å². The number of rotatable bonds is 4. The van der Waals surface area contributed by atoms with E-state index in [1.807, 2.05) is 12.1 Å². The van der Waals surface area contributed by atoms with Gasteiger partial charge in [-0.2, -0.15) is 0 Å². The molecule has 0 heterocycles. The summed E-state index contributed by atoms with van der Waals surface area (Å²) in [6.45, 7) is 3.10. The van der Waals surface area contributed by atoms with Crippen LogP contribution >= 0.6 is 23.2 Å². The molecule has 1 fully saturated rings. The maximum absolute atomic E-state index is 6.15. The van der Waals surface area contributed by atoms with Crippen LogP contribution in [-0.2, 0) is 6.54 Å². The molecule has 1 aromatic carbocycles. The van der Waals surface area contributed by atoms with Crippen LogP contribution in [-0.4, -0.2) is 6.04 Å². The minimum atomic E-state index is 0.573. The zero-order valence-electron chi connectivity index (χ0n) is 10.2. The van der Waals surface area contributed by atoms with Gasteiger partial charge in [-0.25, -0.2) is 0 Å². The molecule has 1 aliphatic rings. The fourth-order valence-electron chi connectivity index (χ4n) is 2.56. The minimum Gasteiger partial charge on any atom is -0.310 e. The van der Waals surface area contributed by atoms with Crippen LogP contribution in [0, 0.1) is 5.92 Å². The van der Waals surface area contributed by atoms with Gasteiger partial charge in [0.1, 0.15) is 0 Å². The van der Waals surface area contributed by atoms with Crippen molar-refractivity contribution in [3.8, 4) is 0 Å².